The highest BCUT2D eigenvalue weighted by Gasteiger charge is 2.14. The van der Waals surface area contributed by atoms with E-state index in [1.807, 2.05) is 42.5 Å². The van der Waals surface area contributed by atoms with E-state index in [9.17, 15) is 4.79 Å². The molecule has 1 amide bonds. The predicted molar refractivity (Wildman–Crippen MR) is 75.5 cm³/mol. The van der Waals surface area contributed by atoms with Gasteiger partial charge in [-0.05, 0) is 23.8 Å². The number of methoxy groups -OCH3 is 1. The molecule has 2 N–H and O–H groups in total. The maximum absolute atomic E-state index is 11.2. The largest absolute Gasteiger partial charge is 0.496 e. The number of primary amides is 1. The minimum Gasteiger partial charge on any atom is -0.496 e. The summed E-state index contributed by atoms with van der Waals surface area (Å²) in [5.74, 6) is 0.573. The van der Waals surface area contributed by atoms with Crippen molar-refractivity contribution in [3.8, 4) is 5.75 Å². The van der Waals surface area contributed by atoms with E-state index in [0.717, 1.165) is 16.9 Å². The first-order valence-corrected chi connectivity index (χ1v) is 6.16. The molecule has 0 saturated carbocycles. The minimum absolute atomic E-state index is 0.135. The van der Waals surface area contributed by atoms with Gasteiger partial charge >= 0.3 is 0 Å². The Hall–Kier alpha value is -2.29. The molecule has 2 rings (SSSR count). The van der Waals surface area contributed by atoms with Gasteiger partial charge in [-0.3, -0.25) is 4.79 Å². The van der Waals surface area contributed by atoms with Crippen LogP contribution in [0.25, 0.3) is 0 Å². The number of carbonyl (C=O) groups is 1. The Balaban J connectivity index is 2.41. The fourth-order valence-corrected chi connectivity index (χ4v) is 2.16. The Morgan fingerprint density at radius 2 is 1.89 bits per heavy atom. The van der Waals surface area contributed by atoms with Crippen LogP contribution >= 0.6 is 0 Å². The molecule has 0 aliphatic carbocycles. The summed E-state index contributed by atoms with van der Waals surface area (Å²) < 4.78 is 5.37. The highest BCUT2D eigenvalue weighted by Crippen LogP contribution is 2.31. The van der Waals surface area contributed by atoms with Crippen molar-refractivity contribution in [2.75, 3.05) is 7.11 Å². The number of hydrogen-bond acceptors (Lipinski definition) is 2. The van der Waals surface area contributed by atoms with E-state index in [-0.39, 0.29) is 5.92 Å². The van der Waals surface area contributed by atoms with Crippen molar-refractivity contribution >= 4 is 5.91 Å². The lowest BCUT2D eigenvalue weighted by atomic mass is 9.91. The molecule has 3 nitrogen and oxygen atoms in total. The molecule has 0 saturated heterocycles. The van der Waals surface area contributed by atoms with Crippen LogP contribution < -0.4 is 10.5 Å². The molecule has 0 aliphatic heterocycles. The molecule has 0 fully saturated rings. The lowest BCUT2D eigenvalue weighted by Crippen LogP contribution is -2.11. The number of para-hydroxylation sites is 1. The van der Waals surface area contributed by atoms with E-state index >= 15 is 0 Å². The normalized spacial score (nSPS) is 11.9. The SMILES string of the molecule is COc1ccccc1C(C)c1cccc(C(N)=O)c1. The van der Waals surface area contributed by atoms with Crippen molar-refractivity contribution in [3.63, 3.8) is 0 Å². The van der Waals surface area contributed by atoms with Crippen LogP contribution in [0.2, 0.25) is 0 Å². The van der Waals surface area contributed by atoms with Gasteiger partial charge in [0.2, 0.25) is 5.91 Å². The third-order valence-electron chi connectivity index (χ3n) is 3.28. The summed E-state index contributed by atoms with van der Waals surface area (Å²) >= 11 is 0. The lowest BCUT2D eigenvalue weighted by Gasteiger charge is -2.16. The van der Waals surface area contributed by atoms with Crippen molar-refractivity contribution in [2.45, 2.75) is 12.8 Å². The first kappa shape index (κ1) is 13.1. The summed E-state index contributed by atoms with van der Waals surface area (Å²) in [7, 11) is 1.66. The van der Waals surface area contributed by atoms with Crippen LogP contribution in [0.5, 0.6) is 5.75 Å². The molecule has 2 aromatic rings. The van der Waals surface area contributed by atoms with Gasteiger partial charge in [-0.2, -0.15) is 0 Å². The second-order valence-corrected chi connectivity index (χ2v) is 4.45. The maximum Gasteiger partial charge on any atom is 0.248 e. The van der Waals surface area contributed by atoms with Crippen LogP contribution in [0.4, 0.5) is 0 Å². The number of carbonyl (C=O) groups excluding carboxylic acids is 1. The number of benzene rings is 2. The standard InChI is InChI=1S/C16H17NO2/c1-11(14-8-3-4-9-15(14)19-2)12-6-5-7-13(10-12)16(17)18/h3-11H,1-2H3,(H2,17,18). The second-order valence-electron chi connectivity index (χ2n) is 4.45. The molecule has 19 heavy (non-hydrogen) atoms. The molecule has 0 aliphatic rings. The number of hydrogen-bond donors (Lipinski definition) is 1. The number of nitrogens with two attached hydrogens (primary N) is 1. The van der Waals surface area contributed by atoms with Crippen molar-refractivity contribution in [2.24, 2.45) is 5.73 Å². The molecule has 3 heteroatoms. The molecule has 0 radical (unpaired) electrons. The fourth-order valence-electron chi connectivity index (χ4n) is 2.16. The molecule has 98 valence electrons. The van der Waals surface area contributed by atoms with Gasteiger partial charge < -0.3 is 10.5 Å². The van der Waals surface area contributed by atoms with Crippen LogP contribution in [0, 0.1) is 0 Å². The molecule has 1 atom stereocenters. The predicted octanol–water partition coefficient (Wildman–Crippen LogP) is 2.95. The van der Waals surface area contributed by atoms with Gasteiger partial charge in [0.15, 0.2) is 0 Å². The molecule has 0 heterocycles. The zero-order valence-electron chi connectivity index (χ0n) is 11.1. The van der Waals surface area contributed by atoms with Crippen molar-refractivity contribution in [3.05, 3.63) is 65.2 Å². The van der Waals surface area contributed by atoms with Gasteiger partial charge in [0.05, 0.1) is 7.11 Å². The van der Waals surface area contributed by atoms with E-state index in [4.69, 9.17) is 10.5 Å². The highest BCUT2D eigenvalue weighted by atomic mass is 16.5. The molecule has 1 unspecified atom stereocenters. The van der Waals surface area contributed by atoms with Crippen molar-refractivity contribution in [1.82, 2.24) is 0 Å². The Morgan fingerprint density at radius 1 is 1.16 bits per heavy atom. The molecule has 0 spiro atoms. The Morgan fingerprint density at radius 3 is 2.58 bits per heavy atom. The summed E-state index contributed by atoms with van der Waals surface area (Å²) in [6.45, 7) is 2.08. The quantitative estimate of drug-likeness (QED) is 0.913. The third-order valence-corrected chi connectivity index (χ3v) is 3.28. The summed E-state index contributed by atoms with van der Waals surface area (Å²) in [6, 6.07) is 15.3. The van der Waals surface area contributed by atoms with Crippen molar-refractivity contribution < 1.29 is 9.53 Å². The first-order chi connectivity index (χ1) is 9.13. The van der Waals surface area contributed by atoms with Gasteiger partial charge in [0.1, 0.15) is 5.75 Å². The Kier molecular flexibility index (Phi) is 3.85. The van der Waals surface area contributed by atoms with Gasteiger partial charge in [0.25, 0.3) is 0 Å². The van der Waals surface area contributed by atoms with E-state index in [0.29, 0.717) is 5.56 Å². The average molecular weight is 255 g/mol. The fraction of sp³-hybridized carbons (Fsp3) is 0.188. The second kappa shape index (κ2) is 5.57. The van der Waals surface area contributed by atoms with Crippen LogP contribution in [-0.2, 0) is 0 Å². The highest BCUT2D eigenvalue weighted by molar-refractivity contribution is 5.92. The molecular weight excluding hydrogens is 238 g/mol. The molecule has 2 aromatic carbocycles. The van der Waals surface area contributed by atoms with Crippen LogP contribution in [0.3, 0.4) is 0 Å². The summed E-state index contributed by atoms with van der Waals surface area (Å²) in [5, 5.41) is 0. The van der Waals surface area contributed by atoms with Crippen LogP contribution in [-0.4, -0.2) is 13.0 Å². The van der Waals surface area contributed by atoms with Crippen molar-refractivity contribution in [1.29, 1.82) is 0 Å². The lowest BCUT2D eigenvalue weighted by molar-refractivity contribution is 0.1000. The molecule has 0 aromatic heterocycles. The summed E-state index contributed by atoms with van der Waals surface area (Å²) in [5.41, 5.74) is 7.97. The van der Waals surface area contributed by atoms with Gasteiger partial charge in [-0.15, -0.1) is 0 Å². The third kappa shape index (κ3) is 2.76. The maximum atomic E-state index is 11.2. The van der Waals surface area contributed by atoms with E-state index in [1.54, 1.807) is 13.2 Å². The summed E-state index contributed by atoms with van der Waals surface area (Å²) in [6.07, 6.45) is 0. The number of amides is 1. The van der Waals surface area contributed by atoms with Crippen LogP contribution in [0.15, 0.2) is 48.5 Å². The first-order valence-electron chi connectivity index (χ1n) is 6.16. The zero-order chi connectivity index (χ0) is 13.8. The smallest absolute Gasteiger partial charge is 0.248 e. The van der Waals surface area contributed by atoms with Crippen LogP contribution in [0.1, 0.15) is 34.3 Å². The van der Waals surface area contributed by atoms with E-state index in [2.05, 4.69) is 6.92 Å². The monoisotopic (exact) mass is 255 g/mol. The topological polar surface area (TPSA) is 52.3 Å². The zero-order valence-corrected chi connectivity index (χ0v) is 11.1. The molecule has 0 bridgehead atoms. The molecular formula is C16H17NO2. The van der Waals surface area contributed by atoms with Gasteiger partial charge in [0, 0.05) is 17.0 Å². The Labute approximate surface area is 113 Å². The number of ether oxygens (including phenoxy) is 1. The van der Waals surface area contributed by atoms with E-state index < -0.39 is 5.91 Å². The Bertz CT molecular complexity index is 593. The van der Waals surface area contributed by atoms with Gasteiger partial charge in [-0.1, -0.05) is 37.3 Å². The number of rotatable bonds is 4. The van der Waals surface area contributed by atoms with E-state index in [1.165, 1.54) is 0 Å². The average Bonchev–Trinajstić information content (AvgIpc) is 2.46. The summed E-state index contributed by atoms with van der Waals surface area (Å²) in [4.78, 5) is 11.2. The minimum atomic E-state index is -0.408. The van der Waals surface area contributed by atoms with Gasteiger partial charge in [-0.25, -0.2) is 0 Å².